The van der Waals surface area contributed by atoms with Crippen LogP contribution in [0.4, 0.5) is 4.79 Å². The number of esters is 1. The van der Waals surface area contributed by atoms with Crippen molar-refractivity contribution in [3.63, 3.8) is 0 Å². The molecule has 0 aliphatic rings. The number of nitrogens with one attached hydrogen (secondary N) is 1. The molecule has 0 aromatic rings. The van der Waals surface area contributed by atoms with Crippen LogP contribution in [-0.2, 0) is 18.8 Å². The second kappa shape index (κ2) is 8.78. The summed E-state index contributed by atoms with van der Waals surface area (Å²) in [5.74, 6) is -0.745. The average Bonchev–Trinajstić information content (AvgIpc) is 2.33. The summed E-state index contributed by atoms with van der Waals surface area (Å²) in [5, 5.41) is 10.7. The Hall–Kier alpha value is -1.33. The molecule has 2 N–H and O–H groups in total. The lowest BCUT2D eigenvalue weighted by atomic mass is 10.4. The minimum absolute atomic E-state index is 0.000686. The van der Waals surface area contributed by atoms with E-state index < -0.39 is 26.2 Å². The highest BCUT2D eigenvalue weighted by atomic mass is 31.1. The molecule has 0 aliphatic heterocycles. The number of hydrogen-bond acceptors (Lipinski definition) is 6. The molecule has 17 heavy (non-hydrogen) atoms. The highest BCUT2D eigenvalue weighted by Gasteiger charge is 2.14. The van der Waals surface area contributed by atoms with E-state index in [4.69, 9.17) is 5.11 Å². The third-order valence-electron chi connectivity index (χ3n) is 1.63. The number of carbonyl (C=O) groups excluding carboxylic acids is 2. The van der Waals surface area contributed by atoms with E-state index >= 15 is 0 Å². The van der Waals surface area contributed by atoms with Crippen molar-refractivity contribution in [2.24, 2.45) is 0 Å². The number of aliphatic hydroxyl groups excluding tert-OH is 1. The fourth-order valence-corrected chi connectivity index (χ4v) is 1.40. The van der Waals surface area contributed by atoms with Gasteiger partial charge in [0.1, 0.15) is 13.5 Å². The topological polar surface area (TPSA) is 102 Å². The van der Waals surface area contributed by atoms with E-state index in [9.17, 15) is 14.2 Å². The fourth-order valence-electron chi connectivity index (χ4n) is 0.836. The number of ether oxygens (including phenoxy) is 2. The summed E-state index contributed by atoms with van der Waals surface area (Å²) >= 11 is 0. The van der Waals surface area contributed by atoms with Crippen molar-refractivity contribution >= 4 is 19.9 Å². The first kappa shape index (κ1) is 15.7. The Morgan fingerprint density at radius 3 is 2.59 bits per heavy atom. The summed E-state index contributed by atoms with van der Waals surface area (Å²) in [6, 6.07) is 0. The van der Waals surface area contributed by atoms with E-state index in [2.05, 4.69) is 14.8 Å². The highest BCUT2D eigenvalue weighted by molar-refractivity contribution is 7.44. The van der Waals surface area contributed by atoms with Crippen LogP contribution in [0, 0.1) is 0 Å². The lowest BCUT2D eigenvalue weighted by Crippen LogP contribution is -2.28. The zero-order chi connectivity index (χ0) is 13.3. The van der Waals surface area contributed by atoms with E-state index in [0.29, 0.717) is 0 Å². The molecule has 0 radical (unpaired) electrons. The van der Waals surface area contributed by atoms with Gasteiger partial charge in [0.05, 0.1) is 20.1 Å². The minimum Gasteiger partial charge on any atom is -0.461 e. The van der Waals surface area contributed by atoms with Crippen LogP contribution in [0.25, 0.3) is 0 Å². The number of rotatable bonds is 6. The van der Waals surface area contributed by atoms with Crippen molar-refractivity contribution in [3.05, 3.63) is 11.8 Å². The van der Waals surface area contributed by atoms with Crippen molar-refractivity contribution in [2.75, 3.05) is 26.2 Å². The van der Waals surface area contributed by atoms with Gasteiger partial charge in [0.25, 0.3) is 0 Å². The second-order valence-electron chi connectivity index (χ2n) is 2.86. The van der Waals surface area contributed by atoms with Crippen LogP contribution in [0.2, 0.25) is 0 Å². The summed E-state index contributed by atoms with van der Waals surface area (Å²) in [6.45, 7) is 1.76. The summed E-state index contributed by atoms with van der Waals surface area (Å²) in [5.41, 5.74) is -0.148. The van der Waals surface area contributed by atoms with Crippen LogP contribution in [0.1, 0.15) is 6.92 Å². The Morgan fingerprint density at radius 1 is 1.47 bits per heavy atom. The standard InChI is InChI=1S/C9H16NO6P/c1-3-16-8(12)7(10-9(13)15-2)4-5-17(14)6-11/h4,11,17H,3,5-6H2,1-2H3,(H,10,13). The smallest absolute Gasteiger partial charge is 0.411 e. The summed E-state index contributed by atoms with van der Waals surface area (Å²) in [4.78, 5) is 22.3. The van der Waals surface area contributed by atoms with Crippen LogP contribution < -0.4 is 5.32 Å². The molecule has 0 saturated carbocycles. The largest absolute Gasteiger partial charge is 0.461 e. The maximum atomic E-state index is 11.4. The first-order valence-electron chi connectivity index (χ1n) is 4.89. The predicted molar refractivity (Wildman–Crippen MR) is 61.2 cm³/mol. The van der Waals surface area contributed by atoms with Crippen molar-refractivity contribution in [1.82, 2.24) is 5.32 Å². The Balaban J connectivity index is 4.65. The lowest BCUT2D eigenvalue weighted by Gasteiger charge is -2.07. The van der Waals surface area contributed by atoms with Crippen molar-refractivity contribution in [1.29, 1.82) is 0 Å². The Labute approximate surface area is 99.6 Å². The van der Waals surface area contributed by atoms with Crippen LogP contribution in [0.5, 0.6) is 0 Å². The molecule has 0 aliphatic carbocycles. The zero-order valence-electron chi connectivity index (χ0n) is 9.69. The number of methoxy groups -OCH3 is 1. The number of aliphatic hydroxyl groups is 1. The number of alkyl carbamates (subject to hydrolysis) is 1. The van der Waals surface area contributed by atoms with Gasteiger partial charge in [-0.1, -0.05) is 0 Å². The van der Waals surface area contributed by atoms with Crippen molar-refractivity contribution < 1.29 is 28.7 Å². The zero-order valence-corrected chi connectivity index (χ0v) is 10.7. The summed E-state index contributed by atoms with van der Waals surface area (Å²) in [6.07, 6.45) is -0.0331. The van der Waals surface area contributed by atoms with Gasteiger partial charge >= 0.3 is 12.1 Å². The van der Waals surface area contributed by atoms with Gasteiger partial charge in [0, 0.05) is 6.16 Å². The van der Waals surface area contributed by atoms with Gasteiger partial charge in [0.15, 0.2) is 0 Å². The number of allylic oxidation sites excluding steroid dienone is 1. The molecule has 0 spiro atoms. The monoisotopic (exact) mass is 265 g/mol. The van der Waals surface area contributed by atoms with E-state index in [1.807, 2.05) is 0 Å². The first-order chi connectivity index (χ1) is 8.04. The number of hydrogen-bond donors (Lipinski definition) is 2. The lowest BCUT2D eigenvalue weighted by molar-refractivity contribution is -0.138. The molecule has 98 valence electrons. The quantitative estimate of drug-likeness (QED) is 0.407. The molecule has 8 heteroatoms. The van der Waals surface area contributed by atoms with Crippen LogP contribution in [0.15, 0.2) is 11.8 Å². The molecule has 0 bridgehead atoms. The molecular formula is C9H16NO6P. The van der Waals surface area contributed by atoms with E-state index in [1.165, 1.54) is 6.08 Å². The van der Waals surface area contributed by atoms with E-state index in [-0.39, 0.29) is 18.5 Å². The molecule has 0 aromatic carbocycles. The first-order valence-corrected chi connectivity index (χ1v) is 6.72. The molecule has 0 aromatic heterocycles. The van der Waals surface area contributed by atoms with Crippen LogP contribution >= 0.6 is 7.80 Å². The van der Waals surface area contributed by atoms with Crippen molar-refractivity contribution in [2.45, 2.75) is 6.92 Å². The third kappa shape index (κ3) is 6.76. The Morgan fingerprint density at radius 2 is 2.12 bits per heavy atom. The molecule has 0 rings (SSSR count). The molecule has 1 atom stereocenters. The molecule has 0 fully saturated rings. The SMILES string of the molecule is CCOC(=O)C(=CC[PH](=O)CO)NC(=O)OC. The Bertz CT molecular complexity index is 327. The minimum atomic E-state index is -2.18. The van der Waals surface area contributed by atoms with Crippen molar-refractivity contribution in [3.8, 4) is 0 Å². The fraction of sp³-hybridized carbons (Fsp3) is 0.556. The van der Waals surface area contributed by atoms with E-state index in [0.717, 1.165) is 7.11 Å². The summed E-state index contributed by atoms with van der Waals surface area (Å²) < 4.78 is 20.1. The van der Waals surface area contributed by atoms with Crippen LogP contribution in [0.3, 0.4) is 0 Å². The van der Waals surface area contributed by atoms with Gasteiger partial charge in [-0.15, -0.1) is 0 Å². The van der Waals surface area contributed by atoms with Crippen LogP contribution in [-0.4, -0.2) is 43.4 Å². The highest BCUT2D eigenvalue weighted by Crippen LogP contribution is 2.18. The number of amides is 1. The normalized spacial score (nSPS) is 12.8. The third-order valence-corrected chi connectivity index (χ3v) is 2.64. The van der Waals surface area contributed by atoms with Gasteiger partial charge in [0.2, 0.25) is 0 Å². The molecular weight excluding hydrogens is 249 g/mol. The van der Waals surface area contributed by atoms with Gasteiger partial charge in [-0.25, -0.2) is 9.59 Å². The average molecular weight is 265 g/mol. The molecule has 1 amide bonds. The molecule has 1 unspecified atom stereocenters. The van der Waals surface area contributed by atoms with Gasteiger partial charge in [-0.2, -0.15) is 0 Å². The number of carbonyl (C=O) groups is 2. The van der Waals surface area contributed by atoms with Gasteiger partial charge in [-0.3, -0.25) is 5.32 Å². The summed E-state index contributed by atoms with van der Waals surface area (Å²) in [7, 11) is -1.04. The van der Waals surface area contributed by atoms with Gasteiger partial charge < -0.3 is 19.1 Å². The second-order valence-corrected chi connectivity index (χ2v) is 4.66. The van der Waals surface area contributed by atoms with E-state index in [1.54, 1.807) is 6.92 Å². The molecule has 0 heterocycles. The molecule has 0 saturated heterocycles. The Kier molecular flexibility index (Phi) is 8.09. The maximum Gasteiger partial charge on any atom is 0.411 e. The predicted octanol–water partition coefficient (Wildman–Crippen LogP) is 0.299. The maximum absolute atomic E-state index is 11.4. The van der Waals surface area contributed by atoms with Gasteiger partial charge in [-0.05, 0) is 13.0 Å². The molecule has 7 nitrogen and oxygen atoms in total.